The maximum Gasteiger partial charge on any atom is 0.348 e. The number of aliphatic hydroxyl groups excluding tert-OH is 2. The summed E-state index contributed by atoms with van der Waals surface area (Å²) in [7, 11) is 0. The fourth-order valence-corrected chi connectivity index (χ4v) is 2.42. The van der Waals surface area contributed by atoms with Crippen LogP contribution < -0.4 is 5.32 Å². The van der Waals surface area contributed by atoms with Gasteiger partial charge in [0, 0.05) is 12.5 Å². The first-order chi connectivity index (χ1) is 9.45. The molecule has 2 rings (SSSR count). The molecule has 10 heteroatoms. The molecule has 1 fully saturated rings. The minimum atomic E-state index is -1.67. The number of hydrogen-bond donors (Lipinski definition) is 3. The van der Waals surface area contributed by atoms with Crippen LogP contribution in [0.25, 0.3) is 0 Å². The van der Waals surface area contributed by atoms with Gasteiger partial charge in [0.2, 0.25) is 11.0 Å². The van der Waals surface area contributed by atoms with Gasteiger partial charge in [0.25, 0.3) is 0 Å². The molecule has 0 radical (unpaired) electrons. The summed E-state index contributed by atoms with van der Waals surface area (Å²) in [5.74, 6) is -0.840. The van der Waals surface area contributed by atoms with Gasteiger partial charge in [-0.1, -0.05) is 11.6 Å². The molecule has 0 spiro atoms. The summed E-state index contributed by atoms with van der Waals surface area (Å²) in [6, 6.07) is -0.896. The highest BCUT2D eigenvalue weighted by Crippen LogP contribution is 2.34. The molecule has 0 bridgehead atoms. The Bertz CT molecular complexity index is 520. The van der Waals surface area contributed by atoms with Gasteiger partial charge in [0.05, 0.1) is 17.1 Å². The van der Waals surface area contributed by atoms with E-state index in [2.05, 4.69) is 15.3 Å². The molecule has 1 aromatic rings. The normalized spacial score (nSPS) is 29.4. The van der Waals surface area contributed by atoms with E-state index < -0.39 is 34.8 Å². The van der Waals surface area contributed by atoms with Gasteiger partial charge in [-0.3, -0.25) is 10.1 Å². The highest BCUT2D eigenvalue weighted by Gasteiger charge is 2.43. The summed E-state index contributed by atoms with van der Waals surface area (Å²) in [4.78, 5) is 17.3. The highest BCUT2D eigenvalue weighted by atomic mass is 35.5. The summed E-state index contributed by atoms with van der Waals surface area (Å²) in [5.41, 5.74) is -0.552. The van der Waals surface area contributed by atoms with Crippen LogP contribution in [0.1, 0.15) is 6.42 Å². The smallest absolute Gasteiger partial charge is 0.348 e. The standard InChI is InChI=1S/C10H12ClFN4O4/c11-9-7(16(19)20)10(14-3-13-9)15-5-1-4(2-17)8(18)6(5)12/h3-6,8,17-18H,1-2H2,(H,13,14,15)/t4-,5-,6?,8?/m1/s1. The van der Waals surface area contributed by atoms with Crippen LogP contribution in [0.15, 0.2) is 6.33 Å². The third kappa shape index (κ3) is 2.65. The monoisotopic (exact) mass is 306 g/mol. The second kappa shape index (κ2) is 5.81. The number of nitrogens with one attached hydrogen (secondary N) is 1. The highest BCUT2D eigenvalue weighted by molar-refractivity contribution is 6.31. The molecule has 1 saturated carbocycles. The molecule has 0 amide bonds. The predicted octanol–water partition coefficient (Wildman–Crippen LogP) is 0.530. The van der Waals surface area contributed by atoms with E-state index in [1.54, 1.807) is 0 Å². The lowest BCUT2D eigenvalue weighted by Gasteiger charge is -2.16. The Morgan fingerprint density at radius 2 is 2.30 bits per heavy atom. The Labute approximate surface area is 117 Å². The average molecular weight is 307 g/mol. The molecule has 1 heterocycles. The fourth-order valence-electron chi connectivity index (χ4n) is 2.21. The third-order valence-electron chi connectivity index (χ3n) is 3.27. The van der Waals surface area contributed by atoms with Crippen LogP contribution in [0.4, 0.5) is 15.9 Å². The number of hydrogen-bond acceptors (Lipinski definition) is 7. The average Bonchev–Trinajstić information content (AvgIpc) is 2.66. The zero-order valence-corrected chi connectivity index (χ0v) is 10.9. The van der Waals surface area contributed by atoms with Crippen molar-refractivity contribution in [1.82, 2.24) is 9.97 Å². The van der Waals surface area contributed by atoms with Crippen molar-refractivity contribution in [2.45, 2.75) is 24.7 Å². The van der Waals surface area contributed by atoms with E-state index in [-0.39, 0.29) is 24.0 Å². The first kappa shape index (κ1) is 14.8. The number of aliphatic hydroxyl groups is 2. The Morgan fingerprint density at radius 1 is 1.60 bits per heavy atom. The van der Waals surface area contributed by atoms with Gasteiger partial charge in [-0.2, -0.15) is 0 Å². The summed E-state index contributed by atoms with van der Waals surface area (Å²) < 4.78 is 13.9. The van der Waals surface area contributed by atoms with Crippen LogP contribution in [-0.2, 0) is 0 Å². The molecule has 3 N–H and O–H groups in total. The van der Waals surface area contributed by atoms with Gasteiger partial charge in [0.1, 0.15) is 12.5 Å². The van der Waals surface area contributed by atoms with E-state index in [1.807, 2.05) is 0 Å². The van der Waals surface area contributed by atoms with Gasteiger partial charge >= 0.3 is 5.69 Å². The summed E-state index contributed by atoms with van der Waals surface area (Å²) in [6.07, 6.45) is -1.86. The lowest BCUT2D eigenvalue weighted by atomic mass is 10.1. The van der Waals surface area contributed by atoms with E-state index in [9.17, 15) is 19.6 Å². The molecule has 4 atom stereocenters. The SMILES string of the molecule is O=[N+]([O-])c1c(Cl)ncnc1N[C@@H]1C[C@H](CO)C(O)C1F. The minimum absolute atomic E-state index is 0.123. The predicted molar refractivity (Wildman–Crippen MR) is 67.2 cm³/mol. The van der Waals surface area contributed by atoms with E-state index in [0.29, 0.717) is 0 Å². The van der Waals surface area contributed by atoms with Crippen molar-refractivity contribution in [3.8, 4) is 0 Å². The van der Waals surface area contributed by atoms with Gasteiger partial charge in [-0.05, 0) is 6.42 Å². The Balaban J connectivity index is 2.23. The number of nitro groups is 1. The Hall–Kier alpha value is -1.58. The molecule has 8 nitrogen and oxygen atoms in total. The molecule has 1 aliphatic carbocycles. The molecule has 2 unspecified atom stereocenters. The van der Waals surface area contributed by atoms with Crippen molar-refractivity contribution in [1.29, 1.82) is 0 Å². The second-order valence-electron chi connectivity index (χ2n) is 4.48. The Morgan fingerprint density at radius 3 is 2.85 bits per heavy atom. The molecular formula is C10H12ClFN4O4. The number of nitrogens with zero attached hydrogens (tertiary/aromatic N) is 3. The van der Waals surface area contributed by atoms with Crippen LogP contribution in [0.2, 0.25) is 5.15 Å². The second-order valence-corrected chi connectivity index (χ2v) is 4.84. The van der Waals surface area contributed by atoms with Gasteiger partial charge < -0.3 is 15.5 Å². The topological polar surface area (TPSA) is 121 Å². The van der Waals surface area contributed by atoms with Crippen LogP contribution in [0.3, 0.4) is 0 Å². The van der Waals surface area contributed by atoms with E-state index in [1.165, 1.54) is 0 Å². The maximum absolute atomic E-state index is 13.9. The number of halogens is 2. The van der Waals surface area contributed by atoms with E-state index in [0.717, 1.165) is 6.33 Å². The largest absolute Gasteiger partial charge is 0.396 e. The van der Waals surface area contributed by atoms with Crippen molar-refractivity contribution in [3.63, 3.8) is 0 Å². The quantitative estimate of drug-likeness (QED) is 0.421. The van der Waals surface area contributed by atoms with Crippen molar-refractivity contribution in [2.75, 3.05) is 11.9 Å². The lowest BCUT2D eigenvalue weighted by Crippen LogP contribution is -2.32. The van der Waals surface area contributed by atoms with Crippen molar-refractivity contribution < 1.29 is 19.5 Å². The molecule has 1 aromatic heterocycles. The van der Waals surface area contributed by atoms with E-state index >= 15 is 0 Å². The van der Waals surface area contributed by atoms with Crippen LogP contribution in [-0.4, -0.2) is 50.0 Å². The minimum Gasteiger partial charge on any atom is -0.396 e. The molecule has 1 aliphatic rings. The first-order valence-electron chi connectivity index (χ1n) is 5.80. The lowest BCUT2D eigenvalue weighted by molar-refractivity contribution is -0.384. The van der Waals surface area contributed by atoms with Gasteiger partial charge in [-0.15, -0.1) is 0 Å². The Kier molecular flexibility index (Phi) is 4.31. The third-order valence-corrected chi connectivity index (χ3v) is 3.54. The van der Waals surface area contributed by atoms with Crippen molar-refractivity contribution in [2.24, 2.45) is 5.92 Å². The summed E-state index contributed by atoms with van der Waals surface area (Å²) >= 11 is 5.61. The summed E-state index contributed by atoms with van der Waals surface area (Å²) in [6.45, 7) is -0.369. The number of alkyl halides is 1. The number of rotatable bonds is 4. The fraction of sp³-hybridized carbons (Fsp3) is 0.600. The summed E-state index contributed by atoms with van der Waals surface area (Å²) in [5, 5.41) is 31.7. The molecule has 110 valence electrons. The van der Waals surface area contributed by atoms with Gasteiger partial charge in [0.15, 0.2) is 0 Å². The van der Waals surface area contributed by atoms with Crippen molar-refractivity contribution >= 4 is 23.1 Å². The molecule has 0 aliphatic heterocycles. The van der Waals surface area contributed by atoms with Crippen molar-refractivity contribution in [3.05, 3.63) is 21.6 Å². The zero-order valence-electron chi connectivity index (χ0n) is 10.1. The number of anilines is 1. The van der Waals surface area contributed by atoms with Crippen LogP contribution in [0.5, 0.6) is 0 Å². The molecular weight excluding hydrogens is 295 g/mol. The molecule has 20 heavy (non-hydrogen) atoms. The first-order valence-corrected chi connectivity index (χ1v) is 6.18. The number of aromatic nitrogens is 2. The van der Waals surface area contributed by atoms with Crippen LogP contribution >= 0.6 is 11.6 Å². The van der Waals surface area contributed by atoms with Crippen LogP contribution in [0, 0.1) is 16.0 Å². The van der Waals surface area contributed by atoms with Gasteiger partial charge in [-0.25, -0.2) is 14.4 Å². The molecule has 0 aromatic carbocycles. The zero-order chi connectivity index (χ0) is 14.9. The maximum atomic E-state index is 13.9. The molecule has 0 saturated heterocycles. The van der Waals surface area contributed by atoms with E-state index in [4.69, 9.17) is 16.7 Å².